The van der Waals surface area contributed by atoms with Gasteiger partial charge in [0.15, 0.2) is 0 Å². The number of aromatic nitrogens is 1. The first kappa shape index (κ1) is 11.7. The second-order valence-electron chi connectivity index (χ2n) is 4.59. The van der Waals surface area contributed by atoms with Crippen LogP contribution in [0.2, 0.25) is 0 Å². The largest absolute Gasteiger partial charge is 0.339 e. The number of carbonyl (C=O) groups is 1. The summed E-state index contributed by atoms with van der Waals surface area (Å²) in [6, 6.07) is 2.52. The molecule has 2 heterocycles. The Hall–Kier alpha value is -0.420. The monoisotopic (exact) mass is 314 g/mol. The topological polar surface area (TPSA) is 25.2 Å². The van der Waals surface area contributed by atoms with Crippen molar-refractivity contribution >= 4 is 33.6 Å². The van der Waals surface area contributed by atoms with E-state index in [0.717, 1.165) is 34.8 Å². The van der Waals surface area contributed by atoms with Crippen LogP contribution in [0.15, 0.2) is 16.7 Å². The van der Waals surface area contributed by atoms with E-state index in [1.807, 2.05) is 28.9 Å². The smallest absolute Gasteiger partial charge is 0.270 e. The Morgan fingerprint density at radius 1 is 1.35 bits per heavy atom. The van der Waals surface area contributed by atoms with Crippen molar-refractivity contribution in [1.29, 1.82) is 0 Å². The third kappa shape index (κ3) is 2.40. The number of carbonyl (C=O) groups excluding carboxylic acids is 1. The van der Waals surface area contributed by atoms with E-state index in [2.05, 4.69) is 20.5 Å². The van der Waals surface area contributed by atoms with Crippen LogP contribution in [0.5, 0.6) is 0 Å². The maximum absolute atomic E-state index is 12.4. The first-order valence-electron chi connectivity index (χ1n) is 6.00. The van der Waals surface area contributed by atoms with E-state index in [-0.39, 0.29) is 5.91 Å². The molecule has 1 saturated carbocycles. The second kappa shape index (κ2) is 4.69. The Labute approximate surface area is 114 Å². The summed E-state index contributed by atoms with van der Waals surface area (Å²) in [6.45, 7) is 1.77. The molecule has 17 heavy (non-hydrogen) atoms. The van der Waals surface area contributed by atoms with E-state index in [1.165, 1.54) is 12.8 Å². The Kier molecular flexibility index (Phi) is 3.21. The number of nitrogens with zero attached hydrogens (tertiary/aromatic N) is 2. The highest BCUT2D eigenvalue weighted by Gasteiger charge is 2.29. The van der Waals surface area contributed by atoms with Gasteiger partial charge in [-0.3, -0.25) is 4.79 Å². The van der Waals surface area contributed by atoms with Crippen molar-refractivity contribution in [3.05, 3.63) is 22.4 Å². The van der Waals surface area contributed by atoms with Gasteiger partial charge in [-0.05, 0) is 34.8 Å². The first-order chi connectivity index (χ1) is 8.25. The zero-order chi connectivity index (χ0) is 11.8. The van der Waals surface area contributed by atoms with E-state index in [9.17, 15) is 4.79 Å². The molecule has 5 heteroatoms. The summed E-state index contributed by atoms with van der Waals surface area (Å²) in [7, 11) is 0. The highest BCUT2D eigenvalue weighted by atomic mass is 79.9. The summed E-state index contributed by atoms with van der Waals surface area (Å²) < 4.78 is 3.16. The van der Waals surface area contributed by atoms with Gasteiger partial charge in [0.1, 0.15) is 5.69 Å². The van der Waals surface area contributed by atoms with Crippen LogP contribution in [0.3, 0.4) is 0 Å². The van der Waals surface area contributed by atoms with E-state index >= 15 is 0 Å². The van der Waals surface area contributed by atoms with Gasteiger partial charge in [0.2, 0.25) is 0 Å². The van der Waals surface area contributed by atoms with Crippen molar-refractivity contribution in [2.24, 2.45) is 0 Å². The Bertz CT molecular complexity index is 436. The third-order valence-corrected chi connectivity index (χ3v) is 4.65. The molecule has 0 aromatic carbocycles. The summed E-state index contributed by atoms with van der Waals surface area (Å²) in [5.41, 5.74) is 0.853. The number of hydrogen-bond acceptors (Lipinski definition) is 2. The lowest BCUT2D eigenvalue weighted by atomic mass is 10.3. The molecule has 1 aliphatic heterocycles. The Balaban J connectivity index is 1.84. The quantitative estimate of drug-likeness (QED) is 0.838. The average Bonchev–Trinajstić information content (AvgIpc) is 3.13. The van der Waals surface area contributed by atoms with E-state index in [4.69, 9.17) is 0 Å². The molecule has 3 rings (SSSR count). The van der Waals surface area contributed by atoms with E-state index < -0.39 is 0 Å². The van der Waals surface area contributed by atoms with Crippen molar-refractivity contribution in [2.45, 2.75) is 18.9 Å². The van der Waals surface area contributed by atoms with Gasteiger partial charge in [-0.25, -0.2) is 0 Å². The van der Waals surface area contributed by atoms with Crippen molar-refractivity contribution in [1.82, 2.24) is 9.47 Å². The average molecular weight is 315 g/mol. The number of halogens is 1. The summed E-state index contributed by atoms with van der Waals surface area (Å²) in [6.07, 6.45) is 4.46. The van der Waals surface area contributed by atoms with Gasteiger partial charge in [-0.2, -0.15) is 11.8 Å². The predicted octanol–water partition coefficient (Wildman–Crippen LogP) is 2.77. The number of thioether (sulfide) groups is 1. The SMILES string of the molecule is O=C(c1cc(Br)cn1C1CC1)N1CCSCC1. The Morgan fingerprint density at radius 2 is 2.06 bits per heavy atom. The highest BCUT2D eigenvalue weighted by molar-refractivity contribution is 9.10. The fourth-order valence-electron chi connectivity index (χ4n) is 2.20. The molecule has 0 radical (unpaired) electrons. The summed E-state index contributed by atoms with van der Waals surface area (Å²) in [4.78, 5) is 14.4. The number of hydrogen-bond donors (Lipinski definition) is 0. The van der Waals surface area contributed by atoms with Crippen LogP contribution in [0.4, 0.5) is 0 Å². The van der Waals surface area contributed by atoms with Crippen LogP contribution in [0.25, 0.3) is 0 Å². The van der Waals surface area contributed by atoms with Crippen molar-refractivity contribution in [3.8, 4) is 0 Å². The second-order valence-corrected chi connectivity index (χ2v) is 6.73. The Morgan fingerprint density at radius 3 is 2.71 bits per heavy atom. The fraction of sp³-hybridized carbons (Fsp3) is 0.583. The standard InChI is InChI=1S/C12H15BrN2OS/c13-9-7-11(15(8-9)10-1-2-10)12(16)14-3-5-17-6-4-14/h7-8,10H,1-6H2. The molecule has 0 spiro atoms. The van der Waals surface area contributed by atoms with Gasteiger partial charge in [0.05, 0.1) is 0 Å². The molecule has 2 aliphatic rings. The summed E-state index contributed by atoms with van der Waals surface area (Å²) in [5.74, 6) is 2.33. The fourth-order valence-corrected chi connectivity index (χ4v) is 3.54. The van der Waals surface area contributed by atoms with Crippen LogP contribution >= 0.6 is 27.7 Å². The van der Waals surface area contributed by atoms with Gasteiger partial charge in [0.25, 0.3) is 5.91 Å². The summed E-state index contributed by atoms with van der Waals surface area (Å²) >= 11 is 5.41. The molecule has 3 nitrogen and oxygen atoms in total. The lowest BCUT2D eigenvalue weighted by Gasteiger charge is -2.26. The normalized spacial score (nSPS) is 20.6. The molecule has 1 saturated heterocycles. The zero-order valence-corrected chi connectivity index (χ0v) is 12.0. The molecule has 0 unspecified atom stereocenters. The zero-order valence-electron chi connectivity index (χ0n) is 9.56. The summed E-state index contributed by atoms with van der Waals surface area (Å²) in [5, 5.41) is 0. The molecule has 1 aliphatic carbocycles. The molecule has 0 atom stereocenters. The highest BCUT2D eigenvalue weighted by Crippen LogP contribution is 2.37. The van der Waals surface area contributed by atoms with Gasteiger partial charge >= 0.3 is 0 Å². The van der Waals surface area contributed by atoms with Crippen molar-refractivity contribution < 1.29 is 4.79 Å². The maximum Gasteiger partial charge on any atom is 0.270 e. The minimum atomic E-state index is 0.197. The van der Waals surface area contributed by atoms with Crippen LogP contribution < -0.4 is 0 Å². The third-order valence-electron chi connectivity index (χ3n) is 3.27. The van der Waals surface area contributed by atoms with Crippen molar-refractivity contribution in [2.75, 3.05) is 24.6 Å². The van der Waals surface area contributed by atoms with Crippen molar-refractivity contribution in [3.63, 3.8) is 0 Å². The van der Waals surface area contributed by atoms with Gasteiger partial charge in [0, 0.05) is 41.3 Å². The van der Waals surface area contributed by atoms with Gasteiger partial charge < -0.3 is 9.47 Å². The van der Waals surface area contributed by atoms with Gasteiger partial charge in [-0.1, -0.05) is 0 Å². The van der Waals surface area contributed by atoms with E-state index in [0.29, 0.717) is 6.04 Å². The maximum atomic E-state index is 12.4. The number of rotatable bonds is 2. The molecule has 1 aromatic rings. The number of amides is 1. The minimum Gasteiger partial charge on any atom is -0.339 e. The van der Waals surface area contributed by atoms with Crippen LogP contribution in [-0.4, -0.2) is 40.0 Å². The predicted molar refractivity (Wildman–Crippen MR) is 73.6 cm³/mol. The molecule has 0 bridgehead atoms. The molecule has 2 fully saturated rings. The van der Waals surface area contributed by atoms with Gasteiger partial charge in [-0.15, -0.1) is 0 Å². The van der Waals surface area contributed by atoms with Crippen LogP contribution in [0, 0.1) is 0 Å². The minimum absolute atomic E-state index is 0.197. The van der Waals surface area contributed by atoms with Crippen LogP contribution in [0.1, 0.15) is 29.4 Å². The molecular formula is C12H15BrN2OS. The van der Waals surface area contributed by atoms with E-state index in [1.54, 1.807) is 0 Å². The lowest BCUT2D eigenvalue weighted by molar-refractivity contribution is 0.0761. The first-order valence-corrected chi connectivity index (χ1v) is 7.95. The molecule has 1 aromatic heterocycles. The molecular weight excluding hydrogens is 300 g/mol. The molecule has 0 N–H and O–H groups in total. The van der Waals surface area contributed by atoms with Crippen LogP contribution in [-0.2, 0) is 0 Å². The lowest BCUT2D eigenvalue weighted by Crippen LogP contribution is -2.38. The molecule has 1 amide bonds. The molecule has 92 valence electrons.